The topological polar surface area (TPSA) is 58.4 Å². The van der Waals surface area contributed by atoms with Crippen LogP contribution < -0.4 is 11.1 Å². The Kier molecular flexibility index (Phi) is 7.53. The first kappa shape index (κ1) is 17.8. The minimum absolute atomic E-state index is 0.137. The van der Waals surface area contributed by atoms with Crippen molar-refractivity contribution in [1.29, 1.82) is 0 Å². The summed E-state index contributed by atoms with van der Waals surface area (Å²) in [5.41, 5.74) is 6.15. The summed E-state index contributed by atoms with van der Waals surface area (Å²) < 4.78 is 13.5. The van der Waals surface area contributed by atoms with Gasteiger partial charge in [0.2, 0.25) is 5.91 Å². The first-order chi connectivity index (χ1) is 9.93. The zero-order valence-corrected chi connectivity index (χ0v) is 13.7. The van der Waals surface area contributed by atoms with Gasteiger partial charge >= 0.3 is 0 Å². The van der Waals surface area contributed by atoms with E-state index in [4.69, 9.17) is 5.73 Å². The minimum Gasteiger partial charge on any atom is -0.399 e. The molecule has 0 bridgehead atoms. The highest BCUT2D eigenvalue weighted by Gasteiger charge is 2.12. The Hall–Kier alpha value is -1.27. The Morgan fingerprint density at radius 1 is 1.52 bits per heavy atom. The average Bonchev–Trinajstić information content (AvgIpc) is 2.46. The highest BCUT2D eigenvalue weighted by molar-refractivity contribution is 7.98. The second kappa shape index (κ2) is 8.89. The third kappa shape index (κ3) is 6.35. The standard InChI is InChI=1S/C15H24FN3OS/c1-11(7-9-21-3)19(2)8-6-15(20)18-14-10-12(17)4-5-13(14)16/h4-5,10-11H,6-9,17H2,1-3H3,(H,18,20). The Morgan fingerprint density at radius 3 is 2.90 bits per heavy atom. The number of nitrogen functional groups attached to an aromatic ring is 1. The SMILES string of the molecule is CSCCC(C)N(C)CCC(=O)Nc1cc(N)ccc1F. The van der Waals surface area contributed by atoms with Gasteiger partial charge in [-0.3, -0.25) is 4.79 Å². The van der Waals surface area contributed by atoms with Gasteiger partial charge in [-0.15, -0.1) is 0 Å². The Labute approximate surface area is 130 Å². The fourth-order valence-corrected chi connectivity index (χ4v) is 2.44. The van der Waals surface area contributed by atoms with E-state index in [9.17, 15) is 9.18 Å². The van der Waals surface area contributed by atoms with Crippen molar-refractivity contribution in [3.63, 3.8) is 0 Å². The van der Waals surface area contributed by atoms with E-state index >= 15 is 0 Å². The number of nitrogens with one attached hydrogen (secondary N) is 1. The van der Waals surface area contributed by atoms with Crippen molar-refractivity contribution >= 4 is 29.0 Å². The van der Waals surface area contributed by atoms with Gasteiger partial charge in [0.05, 0.1) is 5.69 Å². The summed E-state index contributed by atoms with van der Waals surface area (Å²) >= 11 is 1.82. The summed E-state index contributed by atoms with van der Waals surface area (Å²) in [5, 5.41) is 2.56. The van der Waals surface area contributed by atoms with E-state index in [2.05, 4.69) is 23.4 Å². The predicted molar refractivity (Wildman–Crippen MR) is 89.2 cm³/mol. The molecule has 0 heterocycles. The largest absolute Gasteiger partial charge is 0.399 e. The molecule has 21 heavy (non-hydrogen) atoms. The van der Waals surface area contributed by atoms with Gasteiger partial charge < -0.3 is 16.0 Å². The van der Waals surface area contributed by atoms with Crippen LogP contribution in [0.2, 0.25) is 0 Å². The van der Waals surface area contributed by atoms with Gasteiger partial charge in [-0.25, -0.2) is 4.39 Å². The molecule has 1 unspecified atom stereocenters. The second-order valence-electron chi connectivity index (χ2n) is 5.15. The van der Waals surface area contributed by atoms with E-state index < -0.39 is 5.82 Å². The second-order valence-corrected chi connectivity index (χ2v) is 6.13. The van der Waals surface area contributed by atoms with Crippen LogP contribution in [-0.2, 0) is 4.79 Å². The number of amides is 1. The van der Waals surface area contributed by atoms with Crippen LogP contribution in [0.1, 0.15) is 19.8 Å². The van der Waals surface area contributed by atoms with Crippen molar-refractivity contribution in [3.05, 3.63) is 24.0 Å². The maximum Gasteiger partial charge on any atom is 0.225 e. The van der Waals surface area contributed by atoms with Crippen molar-refractivity contribution in [3.8, 4) is 0 Å². The van der Waals surface area contributed by atoms with Gasteiger partial charge in [0.25, 0.3) is 0 Å². The monoisotopic (exact) mass is 313 g/mol. The van der Waals surface area contributed by atoms with Crippen molar-refractivity contribution in [1.82, 2.24) is 4.90 Å². The molecule has 1 aromatic carbocycles. The fraction of sp³-hybridized carbons (Fsp3) is 0.533. The number of nitrogens with two attached hydrogens (primary N) is 1. The molecule has 0 aliphatic carbocycles. The summed E-state index contributed by atoms with van der Waals surface area (Å²) in [5.74, 6) is 0.425. The summed E-state index contributed by atoms with van der Waals surface area (Å²) in [6.07, 6.45) is 3.50. The van der Waals surface area contributed by atoms with Crippen LogP contribution in [0, 0.1) is 5.82 Å². The molecule has 0 radical (unpaired) electrons. The van der Waals surface area contributed by atoms with Crippen LogP contribution in [0.25, 0.3) is 0 Å². The zero-order chi connectivity index (χ0) is 15.8. The van der Waals surface area contributed by atoms with E-state index in [1.807, 2.05) is 18.8 Å². The summed E-state index contributed by atoms with van der Waals surface area (Å²) in [6, 6.07) is 4.57. The molecule has 0 saturated heterocycles. The van der Waals surface area contributed by atoms with E-state index in [-0.39, 0.29) is 11.6 Å². The number of thioether (sulfide) groups is 1. The van der Waals surface area contributed by atoms with Gasteiger partial charge in [-0.1, -0.05) is 0 Å². The average molecular weight is 313 g/mol. The quantitative estimate of drug-likeness (QED) is 0.725. The maximum absolute atomic E-state index is 13.5. The lowest BCUT2D eigenvalue weighted by molar-refractivity contribution is -0.116. The molecule has 0 aromatic heterocycles. The number of carbonyl (C=O) groups is 1. The van der Waals surface area contributed by atoms with Crippen LogP contribution >= 0.6 is 11.8 Å². The number of nitrogens with zero attached hydrogens (tertiary/aromatic N) is 1. The fourth-order valence-electron chi connectivity index (χ4n) is 1.86. The Bertz CT molecular complexity index is 470. The number of halogens is 1. The predicted octanol–water partition coefficient (Wildman–Crippen LogP) is 2.81. The lowest BCUT2D eigenvalue weighted by Crippen LogP contribution is -2.32. The van der Waals surface area contributed by atoms with E-state index in [0.717, 1.165) is 12.2 Å². The summed E-state index contributed by atoms with van der Waals surface area (Å²) in [4.78, 5) is 14.0. The molecule has 1 rings (SSSR count). The highest BCUT2D eigenvalue weighted by Crippen LogP contribution is 2.17. The Morgan fingerprint density at radius 2 is 2.24 bits per heavy atom. The molecule has 1 atom stereocenters. The van der Waals surface area contributed by atoms with Gasteiger partial charge in [-0.2, -0.15) is 11.8 Å². The molecule has 0 spiro atoms. The number of carbonyl (C=O) groups excluding carboxylic acids is 1. The van der Waals surface area contributed by atoms with Crippen LogP contribution in [0.3, 0.4) is 0 Å². The molecule has 1 amide bonds. The number of benzene rings is 1. The van der Waals surface area contributed by atoms with Gasteiger partial charge in [-0.05, 0) is 50.6 Å². The van der Waals surface area contributed by atoms with Crippen molar-refractivity contribution in [2.75, 3.05) is 36.7 Å². The van der Waals surface area contributed by atoms with Gasteiger partial charge in [0, 0.05) is 24.7 Å². The van der Waals surface area contributed by atoms with E-state index in [1.54, 1.807) is 0 Å². The molecule has 1 aromatic rings. The summed E-state index contributed by atoms with van der Waals surface area (Å²) in [7, 11) is 2.00. The molecule has 0 aliphatic heterocycles. The number of anilines is 2. The number of hydrogen-bond donors (Lipinski definition) is 2. The third-order valence-electron chi connectivity index (χ3n) is 3.45. The van der Waals surface area contributed by atoms with Crippen LogP contribution in [0.4, 0.5) is 15.8 Å². The molecule has 3 N–H and O–H groups in total. The molecule has 0 aliphatic rings. The van der Waals surface area contributed by atoms with E-state index in [1.165, 1.54) is 18.2 Å². The lowest BCUT2D eigenvalue weighted by atomic mass is 10.2. The van der Waals surface area contributed by atoms with Crippen molar-refractivity contribution in [2.45, 2.75) is 25.8 Å². The molecule has 0 fully saturated rings. The Balaban J connectivity index is 2.42. The van der Waals surface area contributed by atoms with Crippen molar-refractivity contribution in [2.24, 2.45) is 0 Å². The first-order valence-electron chi connectivity index (χ1n) is 6.98. The smallest absolute Gasteiger partial charge is 0.225 e. The van der Waals surface area contributed by atoms with E-state index in [0.29, 0.717) is 24.7 Å². The molecular formula is C15H24FN3OS. The number of hydrogen-bond acceptors (Lipinski definition) is 4. The van der Waals surface area contributed by atoms with Gasteiger partial charge in [0.15, 0.2) is 0 Å². The highest BCUT2D eigenvalue weighted by atomic mass is 32.2. The lowest BCUT2D eigenvalue weighted by Gasteiger charge is -2.24. The molecule has 6 heteroatoms. The molecular weight excluding hydrogens is 289 g/mol. The maximum atomic E-state index is 13.5. The van der Waals surface area contributed by atoms with Crippen LogP contribution in [0.15, 0.2) is 18.2 Å². The van der Waals surface area contributed by atoms with Crippen molar-refractivity contribution < 1.29 is 9.18 Å². The van der Waals surface area contributed by atoms with Crippen LogP contribution in [0.5, 0.6) is 0 Å². The zero-order valence-electron chi connectivity index (χ0n) is 12.9. The summed E-state index contributed by atoms with van der Waals surface area (Å²) in [6.45, 7) is 2.79. The molecule has 0 saturated carbocycles. The number of rotatable bonds is 8. The third-order valence-corrected chi connectivity index (χ3v) is 4.09. The van der Waals surface area contributed by atoms with Gasteiger partial charge in [0.1, 0.15) is 5.82 Å². The first-order valence-corrected chi connectivity index (χ1v) is 8.37. The minimum atomic E-state index is -0.473. The normalized spacial score (nSPS) is 12.4. The molecule has 4 nitrogen and oxygen atoms in total. The molecule has 118 valence electrons. The van der Waals surface area contributed by atoms with Crippen LogP contribution in [-0.4, -0.2) is 42.4 Å².